The fraction of sp³-hybridized carbons (Fsp3) is 0.808. The fourth-order valence-corrected chi connectivity index (χ4v) is 4.08. The van der Waals surface area contributed by atoms with E-state index in [2.05, 4.69) is 37.1 Å². The molecule has 1 rings (SSSR count). The molecule has 1 aliphatic rings. The average Bonchev–Trinajstić information content (AvgIpc) is 2.96. The molecular weight excluding hydrogens is 434 g/mol. The number of allylic oxidation sites excluding steroid dienone is 1. The van der Waals surface area contributed by atoms with Gasteiger partial charge in [-0.05, 0) is 88.0 Å². The summed E-state index contributed by atoms with van der Waals surface area (Å²) in [4.78, 5) is 41.8. The van der Waals surface area contributed by atoms with Gasteiger partial charge in [0.2, 0.25) is 5.91 Å². The average molecular weight is 482 g/mol. The van der Waals surface area contributed by atoms with Crippen LogP contribution >= 0.6 is 0 Å². The number of amides is 2. The van der Waals surface area contributed by atoms with Gasteiger partial charge in [0.15, 0.2) is 0 Å². The molecule has 0 radical (unpaired) electrons. The lowest BCUT2D eigenvalue weighted by molar-refractivity contribution is -0.160. The van der Waals surface area contributed by atoms with Crippen molar-refractivity contribution in [2.45, 2.75) is 118 Å². The van der Waals surface area contributed by atoms with Gasteiger partial charge in [-0.15, -0.1) is 0 Å². The van der Waals surface area contributed by atoms with Crippen LogP contribution in [0.3, 0.4) is 0 Å². The number of likely N-dealkylation sites (tertiary alicyclic amines) is 1. The molecule has 3 atom stereocenters. The van der Waals surface area contributed by atoms with Crippen molar-refractivity contribution in [2.75, 3.05) is 13.2 Å². The van der Waals surface area contributed by atoms with Gasteiger partial charge in [0, 0.05) is 25.0 Å². The molecule has 0 unspecified atom stereocenters. The summed E-state index contributed by atoms with van der Waals surface area (Å²) in [5, 5.41) is 2.88. The highest BCUT2D eigenvalue weighted by molar-refractivity contribution is 5.83. The minimum atomic E-state index is -0.723. The number of ether oxygens (including phenoxy) is 2. The molecule has 0 aromatic rings. The quantitative estimate of drug-likeness (QED) is 0.328. The van der Waals surface area contributed by atoms with Crippen LogP contribution in [0.15, 0.2) is 12.2 Å². The second-order valence-electron chi connectivity index (χ2n) is 12.0. The second-order valence-corrected chi connectivity index (χ2v) is 12.0. The normalized spacial score (nSPS) is 21.8. The highest BCUT2D eigenvalue weighted by Gasteiger charge is 2.49. The van der Waals surface area contributed by atoms with E-state index in [0.29, 0.717) is 26.1 Å². The Labute approximate surface area is 206 Å². The summed E-state index contributed by atoms with van der Waals surface area (Å²) in [5.41, 5.74) is -1.55. The molecule has 8 heteroatoms. The van der Waals surface area contributed by atoms with E-state index < -0.39 is 29.3 Å². The van der Waals surface area contributed by atoms with E-state index >= 15 is 0 Å². The third-order valence-electron chi connectivity index (χ3n) is 5.57. The molecule has 1 aliphatic heterocycles. The largest absolute Gasteiger partial charge is 0.458 e. The van der Waals surface area contributed by atoms with Crippen molar-refractivity contribution in [2.24, 2.45) is 5.92 Å². The molecule has 1 N–H and O–H groups in total. The van der Waals surface area contributed by atoms with Crippen molar-refractivity contribution < 1.29 is 23.9 Å². The van der Waals surface area contributed by atoms with Gasteiger partial charge in [-0.1, -0.05) is 12.2 Å². The summed E-state index contributed by atoms with van der Waals surface area (Å²) in [7, 11) is 0. The van der Waals surface area contributed by atoms with Crippen LogP contribution in [0, 0.1) is 5.92 Å². The molecule has 196 valence electrons. The first-order chi connectivity index (χ1) is 15.4. The predicted octanol–water partition coefficient (Wildman–Crippen LogP) is 4.48. The van der Waals surface area contributed by atoms with Gasteiger partial charge in [-0.3, -0.25) is 14.6 Å². The first kappa shape index (κ1) is 29.9. The summed E-state index contributed by atoms with van der Waals surface area (Å²) in [6.07, 6.45) is 4.60. The smallest absolute Gasteiger partial charge is 0.411 e. The molecule has 0 aliphatic carbocycles. The number of nitrogens with one attached hydrogen (secondary N) is 1. The van der Waals surface area contributed by atoms with Gasteiger partial charge < -0.3 is 14.8 Å². The topological polar surface area (TPSA) is 88.2 Å². The van der Waals surface area contributed by atoms with Crippen molar-refractivity contribution in [1.82, 2.24) is 15.1 Å². The molecular formula is C26H47N3O5. The number of hydrogen-bond donors (Lipinski definition) is 1. The Hall–Kier alpha value is -2.09. The molecule has 2 amide bonds. The molecule has 1 heterocycles. The maximum Gasteiger partial charge on any atom is 0.411 e. The van der Waals surface area contributed by atoms with Crippen LogP contribution in [0.2, 0.25) is 0 Å². The Kier molecular flexibility index (Phi) is 10.2. The molecule has 8 nitrogen and oxygen atoms in total. The lowest BCUT2D eigenvalue weighted by atomic mass is 9.95. The first-order valence-electron chi connectivity index (χ1n) is 12.2. The number of nitrogens with zero attached hydrogens (tertiary/aromatic N) is 2. The standard InChI is InChI=1S/C26H47N3O5/c1-12-13-19-16-21(22(31)33-25(6,7)8)29(23(32)34-26(9,10)11)20(19)14-15-28(24(3,4)5)17-27-18(2)30/h12-13,19-21H,14-17H2,1-11H3,(H,27,30)/b13-12-/t19-,20-,21-/m1/s1. The Balaban J connectivity index is 3.29. The van der Waals surface area contributed by atoms with E-state index in [9.17, 15) is 14.4 Å². The Morgan fingerprint density at radius 1 is 1.00 bits per heavy atom. The van der Waals surface area contributed by atoms with Crippen LogP contribution in [0.1, 0.15) is 89.0 Å². The van der Waals surface area contributed by atoms with Crippen molar-refractivity contribution in [3.8, 4) is 0 Å². The van der Waals surface area contributed by atoms with Crippen LogP contribution in [-0.4, -0.2) is 69.8 Å². The molecule has 0 bridgehead atoms. The molecule has 0 saturated carbocycles. The molecule has 1 fully saturated rings. The van der Waals surface area contributed by atoms with E-state index in [0.717, 1.165) is 0 Å². The molecule has 0 aromatic carbocycles. The SMILES string of the molecule is C/C=C\[C@@H]1C[C@H](C(=O)OC(C)(C)C)N(C(=O)OC(C)(C)C)[C@@H]1CCN(CNC(C)=O)C(C)(C)C. The number of hydrogen-bond acceptors (Lipinski definition) is 6. The molecule has 1 saturated heterocycles. The van der Waals surface area contributed by atoms with Crippen LogP contribution in [0.4, 0.5) is 4.79 Å². The van der Waals surface area contributed by atoms with Crippen LogP contribution in [0.5, 0.6) is 0 Å². The maximum atomic E-state index is 13.4. The maximum absolute atomic E-state index is 13.4. The van der Waals surface area contributed by atoms with Crippen LogP contribution < -0.4 is 5.32 Å². The van der Waals surface area contributed by atoms with Gasteiger partial charge in [-0.2, -0.15) is 0 Å². The predicted molar refractivity (Wildman–Crippen MR) is 134 cm³/mol. The van der Waals surface area contributed by atoms with Crippen molar-refractivity contribution in [3.63, 3.8) is 0 Å². The van der Waals surface area contributed by atoms with Gasteiger partial charge >= 0.3 is 12.1 Å². The van der Waals surface area contributed by atoms with Crippen LogP contribution in [0.25, 0.3) is 0 Å². The van der Waals surface area contributed by atoms with E-state index in [1.807, 2.05) is 54.5 Å². The van der Waals surface area contributed by atoms with E-state index in [-0.39, 0.29) is 23.4 Å². The van der Waals surface area contributed by atoms with Crippen molar-refractivity contribution >= 4 is 18.0 Å². The number of carbonyl (C=O) groups is 3. The zero-order valence-electron chi connectivity index (χ0n) is 23.2. The summed E-state index contributed by atoms with van der Waals surface area (Å²) in [6, 6.07) is -0.968. The summed E-state index contributed by atoms with van der Waals surface area (Å²) in [5.74, 6) is -0.527. The Morgan fingerprint density at radius 2 is 1.56 bits per heavy atom. The summed E-state index contributed by atoms with van der Waals surface area (Å²) < 4.78 is 11.4. The third-order valence-corrected chi connectivity index (χ3v) is 5.57. The highest BCUT2D eigenvalue weighted by Crippen LogP contribution is 2.36. The summed E-state index contributed by atoms with van der Waals surface area (Å²) in [6.45, 7) is 21.6. The van der Waals surface area contributed by atoms with Gasteiger partial charge in [0.05, 0.1) is 6.67 Å². The van der Waals surface area contributed by atoms with E-state index in [1.165, 1.54) is 6.92 Å². The van der Waals surface area contributed by atoms with Crippen LogP contribution in [-0.2, 0) is 19.1 Å². The minimum Gasteiger partial charge on any atom is -0.458 e. The number of rotatable bonds is 7. The van der Waals surface area contributed by atoms with Crippen molar-refractivity contribution in [1.29, 1.82) is 0 Å². The minimum absolute atomic E-state index is 0.0161. The lowest BCUT2D eigenvalue weighted by Crippen LogP contribution is -2.52. The highest BCUT2D eigenvalue weighted by atomic mass is 16.6. The first-order valence-corrected chi connectivity index (χ1v) is 12.2. The lowest BCUT2D eigenvalue weighted by Gasteiger charge is -2.38. The zero-order valence-corrected chi connectivity index (χ0v) is 23.2. The zero-order chi connectivity index (χ0) is 26.5. The number of esters is 1. The Morgan fingerprint density at radius 3 is 2.00 bits per heavy atom. The molecule has 0 aromatic heterocycles. The fourth-order valence-electron chi connectivity index (χ4n) is 4.08. The van der Waals surface area contributed by atoms with Gasteiger partial charge in [-0.25, -0.2) is 9.59 Å². The third kappa shape index (κ3) is 9.65. The molecule has 0 spiro atoms. The second kappa shape index (κ2) is 11.6. The molecule has 34 heavy (non-hydrogen) atoms. The Bertz CT molecular complexity index is 743. The van der Waals surface area contributed by atoms with Gasteiger partial charge in [0.25, 0.3) is 0 Å². The van der Waals surface area contributed by atoms with E-state index in [1.54, 1.807) is 4.90 Å². The number of carbonyl (C=O) groups excluding carboxylic acids is 3. The van der Waals surface area contributed by atoms with Gasteiger partial charge in [0.1, 0.15) is 17.2 Å². The summed E-state index contributed by atoms with van der Waals surface area (Å²) >= 11 is 0. The monoisotopic (exact) mass is 481 g/mol. The van der Waals surface area contributed by atoms with E-state index in [4.69, 9.17) is 9.47 Å². The van der Waals surface area contributed by atoms with Crippen molar-refractivity contribution in [3.05, 3.63) is 12.2 Å².